The zero-order valence-electron chi connectivity index (χ0n) is 16.2. The predicted octanol–water partition coefficient (Wildman–Crippen LogP) is 5.53. The summed E-state index contributed by atoms with van der Waals surface area (Å²) in [5.74, 6) is -1.48. The number of hydrogen-bond donors (Lipinski definition) is 0. The van der Waals surface area contributed by atoms with Crippen molar-refractivity contribution < 1.29 is 18.3 Å². The topological polar surface area (TPSA) is 39.2 Å². The molecule has 0 amide bonds. The molecule has 1 aliphatic carbocycles. The number of rotatable bonds is 4. The summed E-state index contributed by atoms with van der Waals surface area (Å²) in [5.41, 5.74) is 2.68. The number of para-hydroxylation sites is 1. The fourth-order valence-corrected chi connectivity index (χ4v) is 4.08. The van der Waals surface area contributed by atoms with E-state index in [9.17, 15) is 13.6 Å². The normalized spacial score (nSPS) is 16.3. The first-order valence-corrected chi connectivity index (χ1v) is 9.98. The van der Waals surface area contributed by atoms with Crippen LogP contribution >= 0.6 is 0 Å². The third-order valence-electron chi connectivity index (χ3n) is 5.82. The molecule has 0 unspecified atom stereocenters. The molecule has 5 rings (SSSR count). The highest BCUT2D eigenvalue weighted by Gasteiger charge is 2.41. The first-order chi connectivity index (χ1) is 14.5. The molecule has 0 N–H and O–H groups in total. The van der Waals surface area contributed by atoms with Gasteiger partial charge >= 0.3 is 0 Å². The van der Waals surface area contributed by atoms with E-state index in [0.29, 0.717) is 5.69 Å². The lowest BCUT2D eigenvalue weighted by Crippen LogP contribution is -2.43. The molecule has 150 valence electrons. The second kappa shape index (κ2) is 7.17. The van der Waals surface area contributed by atoms with Gasteiger partial charge < -0.3 is 4.74 Å². The van der Waals surface area contributed by atoms with Crippen molar-refractivity contribution >= 4 is 11.4 Å². The lowest BCUT2D eigenvalue weighted by Gasteiger charge is -2.43. The fourth-order valence-electron chi connectivity index (χ4n) is 4.08. The van der Waals surface area contributed by atoms with Gasteiger partial charge in [-0.3, -0.25) is 9.78 Å². The summed E-state index contributed by atoms with van der Waals surface area (Å²) in [7, 11) is 0. The van der Waals surface area contributed by atoms with E-state index in [4.69, 9.17) is 4.74 Å². The number of fused-ring (bicyclic) bond motifs is 1. The summed E-state index contributed by atoms with van der Waals surface area (Å²) < 4.78 is 34.0. The summed E-state index contributed by atoms with van der Waals surface area (Å²) in [6, 6.07) is 15.0. The number of carbonyl (C=O) groups is 1. The summed E-state index contributed by atoms with van der Waals surface area (Å²) in [6.45, 7) is 0. The predicted molar refractivity (Wildman–Crippen MR) is 109 cm³/mol. The second-order valence-corrected chi connectivity index (χ2v) is 7.81. The molecule has 1 spiro atoms. The van der Waals surface area contributed by atoms with Crippen molar-refractivity contribution in [1.29, 1.82) is 0 Å². The van der Waals surface area contributed by atoms with E-state index in [0.717, 1.165) is 53.8 Å². The Morgan fingerprint density at radius 1 is 1.00 bits per heavy atom. The minimum Gasteiger partial charge on any atom is -0.483 e. The number of carbonyl (C=O) groups excluding carboxylic acids is 1. The first kappa shape index (κ1) is 18.7. The Balaban J connectivity index is 1.43. The average Bonchev–Trinajstić information content (AvgIpc) is 2.72. The van der Waals surface area contributed by atoms with E-state index in [-0.39, 0.29) is 12.0 Å². The monoisotopic (exact) mass is 403 g/mol. The number of aromatic nitrogens is 1. The number of ketones is 1. The highest BCUT2D eigenvalue weighted by molar-refractivity contribution is 5.97. The van der Waals surface area contributed by atoms with Crippen LogP contribution in [0.2, 0.25) is 0 Å². The molecule has 0 atom stereocenters. The van der Waals surface area contributed by atoms with Crippen molar-refractivity contribution in [2.75, 3.05) is 0 Å². The van der Waals surface area contributed by atoms with Crippen molar-refractivity contribution in [3.8, 4) is 5.75 Å². The number of pyridine rings is 1. The molecule has 0 saturated heterocycles. The highest BCUT2D eigenvalue weighted by Crippen LogP contribution is 2.47. The van der Waals surface area contributed by atoms with Gasteiger partial charge in [0.25, 0.3) is 0 Å². The van der Waals surface area contributed by atoms with Crippen LogP contribution in [-0.2, 0) is 6.42 Å². The van der Waals surface area contributed by atoms with Crippen molar-refractivity contribution in [2.45, 2.75) is 31.3 Å². The minimum absolute atomic E-state index is 0.166. The summed E-state index contributed by atoms with van der Waals surface area (Å²) in [5, 5.41) is 0. The Labute approximate surface area is 173 Å². The lowest BCUT2D eigenvalue weighted by atomic mass is 9.75. The largest absolute Gasteiger partial charge is 0.483 e. The molecule has 2 heterocycles. The van der Waals surface area contributed by atoms with Gasteiger partial charge in [-0.05, 0) is 55.2 Å². The highest BCUT2D eigenvalue weighted by atomic mass is 19.1. The van der Waals surface area contributed by atoms with Crippen molar-refractivity contribution in [1.82, 2.24) is 4.98 Å². The number of Topliss-reactive ketones (excluding diaryl/α,β-unsaturated/α-hetero) is 1. The summed E-state index contributed by atoms with van der Waals surface area (Å²) in [4.78, 5) is 16.8. The zero-order chi connectivity index (χ0) is 20.7. The quantitative estimate of drug-likeness (QED) is 0.538. The molecule has 3 nitrogen and oxygen atoms in total. The summed E-state index contributed by atoms with van der Waals surface area (Å²) in [6.07, 6.45) is 6.83. The number of halogens is 2. The standard InChI is InChI=1S/C25H19F2NO2/c26-20-6-3-7-21(27)24(20)22(29)13-17-10-9-16(15-28-17)19-14-25(11-4-12-25)30-23-8-2-1-5-18(19)23/h1-3,5-10,14-15H,4,11-13H2. The van der Waals surface area contributed by atoms with Crippen LogP contribution in [-0.4, -0.2) is 16.4 Å². The average molecular weight is 403 g/mol. The van der Waals surface area contributed by atoms with E-state index in [1.54, 1.807) is 12.3 Å². The van der Waals surface area contributed by atoms with Gasteiger partial charge in [-0.15, -0.1) is 0 Å². The Bertz CT molecular complexity index is 1140. The number of nitrogens with zero attached hydrogens (tertiary/aromatic N) is 1. The van der Waals surface area contributed by atoms with E-state index in [1.807, 2.05) is 30.3 Å². The van der Waals surface area contributed by atoms with Crippen molar-refractivity contribution in [3.63, 3.8) is 0 Å². The molecule has 1 aromatic heterocycles. The Morgan fingerprint density at radius 3 is 2.43 bits per heavy atom. The molecule has 30 heavy (non-hydrogen) atoms. The number of benzene rings is 2. The van der Waals surface area contributed by atoms with Crippen LogP contribution < -0.4 is 4.74 Å². The maximum Gasteiger partial charge on any atom is 0.174 e. The van der Waals surface area contributed by atoms with E-state index < -0.39 is 23.0 Å². The first-order valence-electron chi connectivity index (χ1n) is 9.98. The smallest absolute Gasteiger partial charge is 0.174 e. The fraction of sp³-hybridized carbons (Fsp3) is 0.200. The molecule has 2 aliphatic rings. The van der Waals surface area contributed by atoms with Gasteiger partial charge in [0.2, 0.25) is 0 Å². The maximum absolute atomic E-state index is 13.9. The van der Waals surface area contributed by atoms with Gasteiger partial charge in [0.1, 0.15) is 23.0 Å². The molecule has 3 aromatic rings. The van der Waals surface area contributed by atoms with Crippen LogP contribution in [0.4, 0.5) is 8.78 Å². The van der Waals surface area contributed by atoms with Crippen LogP contribution in [0, 0.1) is 11.6 Å². The Kier molecular flexibility index (Phi) is 4.46. The molecular formula is C25H19F2NO2. The van der Waals surface area contributed by atoms with E-state index in [2.05, 4.69) is 11.1 Å². The van der Waals surface area contributed by atoms with Gasteiger partial charge in [0, 0.05) is 23.0 Å². The molecule has 1 fully saturated rings. The van der Waals surface area contributed by atoms with E-state index >= 15 is 0 Å². The molecule has 5 heteroatoms. The summed E-state index contributed by atoms with van der Waals surface area (Å²) >= 11 is 0. The molecular weight excluding hydrogens is 384 g/mol. The SMILES string of the molecule is O=C(Cc1ccc(C2=CC3(CCC3)Oc3ccccc32)cn1)c1c(F)cccc1F. The van der Waals surface area contributed by atoms with Crippen LogP contribution in [0.1, 0.15) is 46.4 Å². The molecule has 0 radical (unpaired) electrons. The van der Waals surface area contributed by atoms with Crippen LogP contribution in [0.5, 0.6) is 5.75 Å². The van der Waals surface area contributed by atoms with Crippen molar-refractivity contribution in [3.05, 3.63) is 101 Å². The van der Waals surface area contributed by atoms with Gasteiger partial charge in [0.15, 0.2) is 5.78 Å². The third kappa shape index (κ3) is 3.20. The lowest BCUT2D eigenvalue weighted by molar-refractivity contribution is 0.0377. The number of ether oxygens (including phenoxy) is 1. The minimum atomic E-state index is -0.855. The van der Waals surface area contributed by atoms with Crippen LogP contribution in [0.3, 0.4) is 0 Å². The maximum atomic E-state index is 13.9. The Morgan fingerprint density at radius 2 is 1.77 bits per heavy atom. The Hall–Kier alpha value is -3.34. The molecule has 2 aromatic carbocycles. The van der Waals surface area contributed by atoms with Gasteiger partial charge in [0.05, 0.1) is 12.0 Å². The van der Waals surface area contributed by atoms with Crippen molar-refractivity contribution in [2.24, 2.45) is 0 Å². The van der Waals surface area contributed by atoms with Gasteiger partial charge in [-0.1, -0.05) is 30.3 Å². The van der Waals surface area contributed by atoms with E-state index in [1.165, 1.54) is 6.07 Å². The van der Waals surface area contributed by atoms with Crippen LogP contribution in [0.25, 0.3) is 5.57 Å². The number of hydrogen-bond acceptors (Lipinski definition) is 3. The second-order valence-electron chi connectivity index (χ2n) is 7.81. The zero-order valence-corrected chi connectivity index (χ0v) is 16.2. The molecule has 0 bridgehead atoms. The molecule has 1 saturated carbocycles. The molecule has 1 aliphatic heterocycles. The van der Waals surface area contributed by atoms with Gasteiger partial charge in [-0.25, -0.2) is 8.78 Å². The van der Waals surface area contributed by atoms with Crippen LogP contribution in [0.15, 0.2) is 66.9 Å². The van der Waals surface area contributed by atoms with Gasteiger partial charge in [-0.2, -0.15) is 0 Å². The third-order valence-corrected chi connectivity index (χ3v) is 5.82.